The van der Waals surface area contributed by atoms with E-state index in [1.165, 1.54) is 16.9 Å². The van der Waals surface area contributed by atoms with Crippen molar-refractivity contribution in [2.24, 2.45) is 0 Å². The van der Waals surface area contributed by atoms with Gasteiger partial charge in [-0.2, -0.15) is 10.2 Å². The van der Waals surface area contributed by atoms with Gasteiger partial charge in [-0.3, -0.25) is 0 Å². The molecule has 8 nitrogen and oxygen atoms in total. The van der Waals surface area contributed by atoms with E-state index in [0.717, 1.165) is 28.9 Å². The molecule has 6 aromatic rings. The van der Waals surface area contributed by atoms with Crippen molar-refractivity contribution in [3.05, 3.63) is 96.3 Å². The first-order chi connectivity index (χ1) is 17.7. The summed E-state index contributed by atoms with van der Waals surface area (Å²) in [4.78, 5) is 0. The summed E-state index contributed by atoms with van der Waals surface area (Å²) >= 11 is 0. The summed E-state index contributed by atoms with van der Waals surface area (Å²) in [6, 6.07) is 17.3. The summed E-state index contributed by atoms with van der Waals surface area (Å²) in [5, 5.41) is 47.4. The summed E-state index contributed by atoms with van der Waals surface area (Å²) in [7, 11) is 0. The molecule has 2 aromatic heterocycles. The largest absolute Gasteiger partial charge is 0.508 e. The van der Waals surface area contributed by atoms with E-state index >= 15 is 0 Å². The van der Waals surface area contributed by atoms with Crippen LogP contribution in [0.5, 0.6) is 23.0 Å². The van der Waals surface area contributed by atoms with E-state index in [0.29, 0.717) is 16.3 Å². The van der Waals surface area contributed by atoms with Crippen LogP contribution < -0.4 is 0 Å². The first-order valence-electron chi connectivity index (χ1n) is 11.0. The van der Waals surface area contributed by atoms with Gasteiger partial charge in [-0.05, 0) is 55.0 Å². The van der Waals surface area contributed by atoms with Crippen molar-refractivity contribution in [3.8, 4) is 34.4 Å². The van der Waals surface area contributed by atoms with E-state index in [2.05, 4.69) is 10.2 Å². The molecular formula is C27H20F2N4O4. The molecule has 4 aromatic carbocycles. The van der Waals surface area contributed by atoms with Gasteiger partial charge < -0.3 is 20.4 Å². The summed E-state index contributed by atoms with van der Waals surface area (Å²) in [6.07, 6.45) is 3.03. The third kappa shape index (κ3) is 4.25. The molecule has 186 valence electrons. The zero-order chi connectivity index (χ0) is 26.3. The van der Waals surface area contributed by atoms with Crippen LogP contribution in [-0.2, 0) is 0 Å². The minimum absolute atomic E-state index is 0.0310. The minimum Gasteiger partial charge on any atom is -0.508 e. The maximum atomic E-state index is 13.3. The standard InChI is InChI=1S/C14H12N2O2.C13H8F2N2O2/c1-9-7-10(5-6-13(9)17)16-12-3-2-4-14(18)11(12)8-15-16;14-9-4-7(5-10(15)13(9)19)17-11-2-1-3-12(18)8(11)6-16-17/h2-8,17-18H,1H3;1-6,18-19H. The molecule has 0 fully saturated rings. The molecule has 0 unspecified atom stereocenters. The molecule has 37 heavy (non-hydrogen) atoms. The van der Waals surface area contributed by atoms with Gasteiger partial charge in [0.1, 0.15) is 17.2 Å². The Kier molecular flexibility index (Phi) is 5.84. The van der Waals surface area contributed by atoms with Crippen molar-refractivity contribution in [3.63, 3.8) is 0 Å². The number of rotatable bonds is 2. The molecular weight excluding hydrogens is 482 g/mol. The summed E-state index contributed by atoms with van der Waals surface area (Å²) < 4.78 is 29.7. The molecule has 0 aliphatic carbocycles. The number of phenols is 4. The molecule has 4 N–H and O–H groups in total. The Balaban J connectivity index is 0.000000152. The lowest BCUT2D eigenvalue weighted by Gasteiger charge is -2.06. The Morgan fingerprint density at radius 2 is 1.14 bits per heavy atom. The average Bonchev–Trinajstić information content (AvgIpc) is 3.51. The van der Waals surface area contributed by atoms with E-state index in [9.17, 15) is 24.1 Å². The van der Waals surface area contributed by atoms with Crippen LogP contribution >= 0.6 is 0 Å². The smallest absolute Gasteiger partial charge is 0.187 e. The quantitative estimate of drug-likeness (QED) is 0.250. The summed E-state index contributed by atoms with van der Waals surface area (Å²) in [5.74, 6) is -2.66. The van der Waals surface area contributed by atoms with Gasteiger partial charge in [0.05, 0.1) is 45.6 Å². The zero-order valence-electron chi connectivity index (χ0n) is 19.3. The second kappa shape index (κ2) is 9.15. The average molecular weight is 502 g/mol. The number of aromatic hydroxyl groups is 4. The highest BCUT2D eigenvalue weighted by Gasteiger charge is 2.14. The highest BCUT2D eigenvalue weighted by atomic mass is 19.1. The third-order valence-corrected chi connectivity index (χ3v) is 5.85. The Hall–Kier alpha value is -5.12. The number of benzene rings is 4. The molecule has 6 rings (SSSR count). The number of aromatic nitrogens is 4. The van der Waals surface area contributed by atoms with Gasteiger partial charge in [0.15, 0.2) is 17.4 Å². The Morgan fingerprint density at radius 1 is 0.622 bits per heavy atom. The van der Waals surface area contributed by atoms with Crippen LogP contribution in [0.1, 0.15) is 5.56 Å². The van der Waals surface area contributed by atoms with Crippen molar-refractivity contribution in [2.75, 3.05) is 0 Å². The number of fused-ring (bicyclic) bond motifs is 2. The first-order valence-corrected chi connectivity index (χ1v) is 11.0. The normalized spacial score (nSPS) is 11.0. The van der Waals surface area contributed by atoms with Crippen LogP contribution in [0.2, 0.25) is 0 Å². The fourth-order valence-electron chi connectivity index (χ4n) is 3.93. The first kappa shape index (κ1) is 23.6. The number of aryl methyl sites for hydroxylation is 1. The fraction of sp³-hybridized carbons (Fsp3) is 0.0370. The minimum atomic E-state index is -1.07. The monoisotopic (exact) mass is 502 g/mol. The van der Waals surface area contributed by atoms with Crippen molar-refractivity contribution < 1.29 is 29.2 Å². The van der Waals surface area contributed by atoms with E-state index < -0.39 is 17.4 Å². The van der Waals surface area contributed by atoms with Gasteiger partial charge in [0, 0.05) is 12.1 Å². The lowest BCUT2D eigenvalue weighted by Crippen LogP contribution is -1.98. The third-order valence-electron chi connectivity index (χ3n) is 5.85. The van der Waals surface area contributed by atoms with E-state index in [1.807, 2.05) is 19.1 Å². The summed E-state index contributed by atoms with van der Waals surface area (Å²) in [6.45, 7) is 1.84. The SMILES string of the molecule is Cc1cc(-n2ncc3c(O)cccc32)ccc1O.Oc1c(F)cc(-n2ncc3c(O)cccc32)cc1F. The molecule has 0 bridgehead atoms. The highest BCUT2D eigenvalue weighted by Crippen LogP contribution is 2.29. The predicted molar refractivity (Wildman–Crippen MR) is 133 cm³/mol. The van der Waals surface area contributed by atoms with Crippen molar-refractivity contribution in [2.45, 2.75) is 6.92 Å². The van der Waals surface area contributed by atoms with Crippen LogP contribution in [0.3, 0.4) is 0 Å². The molecule has 0 amide bonds. The predicted octanol–water partition coefficient (Wildman–Crippen LogP) is 5.46. The molecule has 0 saturated heterocycles. The van der Waals surface area contributed by atoms with E-state index in [1.54, 1.807) is 47.3 Å². The highest BCUT2D eigenvalue weighted by molar-refractivity contribution is 5.86. The van der Waals surface area contributed by atoms with Gasteiger partial charge in [0.25, 0.3) is 0 Å². The number of nitrogens with zero attached hydrogens (tertiary/aromatic N) is 4. The van der Waals surface area contributed by atoms with Gasteiger partial charge in [-0.15, -0.1) is 0 Å². The van der Waals surface area contributed by atoms with Gasteiger partial charge in [-0.25, -0.2) is 18.1 Å². The van der Waals surface area contributed by atoms with Crippen LogP contribution in [0, 0.1) is 18.6 Å². The topological polar surface area (TPSA) is 117 Å². The van der Waals surface area contributed by atoms with Gasteiger partial charge >= 0.3 is 0 Å². The molecule has 0 aliphatic rings. The van der Waals surface area contributed by atoms with Crippen LogP contribution in [-0.4, -0.2) is 40.0 Å². The van der Waals surface area contributed by atoms with Crippen molar-refractivity contribution in [1.29, 1.82) is 0 Å². The number of hydrogen-bond donors (Lipinski definition) is 4. The van der Waals surface area contributed by atoms with E-state index in [4.69, 9.17) is 5.11 Å². The molecule has 0 radical (unpaired) electrons. The van der Waals surface area contributed by atoms with Crippen molar-refractivity contribution >= 4 is 21.8 Å². The van der Waals surface area contributed by atoms with Gasteiger partial charge in [0.2, 0.25) is 0 Å². The summed E-state index contributed by atoms with van der Waals surface area (Å²) in [5.41, 5.74) is 3.10. The number of halogens is 2. The number of phenolic OH excluding ortho intramolecular Hbond substituents is 4. The maximum Gasteiger partial charge on any atom is 0.187 e. The fourth-order valence-corrected chi connectivity index (χ4v) is 3.93. The molecule has 0 spiro atoms. The van der Waals surface area contributed by atoms with E-state index in [-0.39, 0.29) is 22.9 Å². The molecule has 0 saturated carbocycles. The molecule has 0 aliphatic heterocycles. The Labute approximate surface area is 208 Å². The Morgan fingerprint density at radius 3 is 1.65 bits per heavy atom. The lowest BCUT2D eigenvalue weighted by atomic mass is 10.2. The Bertz CT molecular complexity index is 1760. The van der Waals surface area contributed by atoms with Gasteiger partial charge in [-0.1, -0.05) is 12.1 Å². The molecule has 10 heteroatoms. The molecule has 0 atom stereocenters. The zero-order valence-corrected chi connectivity index (χ0v) is 19.3. The lowest BCUT2D eigenvalue weighted by molar-refractivity contribution is 0.396. The van der Waals surface area contributed by atoms with Crippen molar-refractivity contribution in [1.82, 2.24) is 19.6 Å². The molecule has 2 heterocycles. The van der Waals surface area contributed by atoms with Crippen LogP contribution in [0.25, 0.3) is 33.2 Å². The second-order valence-corrected chi connectivity index (χ2v) is 8.26. The maximum absolute atomic E-state index is 13.3. The number of hydrogen-bond acceptors (Lipinski definition) is 6. The second-order valence-electron chi connectivity index (χ2n) is 8.26. The van der Waals surface area contributed by atoms with Crippen LogP contribution in [0.15, 0.2) is 79.1 Å². The van der Waals surface area contributed by atoms with Crippen LogP contribution in [0.4, 0.5) is 8.78 Å².